The highest BCUT2D eigenvalue weighted by atomic mass is 19.1. The maximum atomic E-state index is 13.2. The van der Waals surface area contributed by atoms with Gasteiger partial charge in [0.2, 0.25) is 0 Å². The summed E-state index contributed by atoms with van der Waals surface area (Å²) in [5.74, 6) is -0.357. The number of anilines is 1. The van der Waals surface area contributed by atoms with Gasteiger partial charge in [-0.2, -0.15) is 0 Å². The van der Waals surface area contributed by atoms with Crippen LogP contribution in [0.1, 0.15) is 46.3 Å². The van der Waals surface area contributed by atoms with Crippen LogP contribution in [-0.4, -0.2) is 30.9 Å². The summed E-state index contributed by atoms with van der Waals surface area (Å²) in [6.07, 6.45) is 5.71. The molecule has 4 N–H and O–H groups in total. The van der Waals surface area contributed by atoms with E-state index in [2.05, 4.69) is 5.32 Å². The number of methoxy groups -OCH3 is 1. The molecule has 1 amide bonds. The topological polar surface area (TPSA) is 97.4 Å². The van der Waals surface area contributed by atoms with E-state index in [1.165, 1.54) is 19.2 Å². The SMILES string of the molecule is COc1c(C(=O)NC2(CCOCc3ccccc3)CC2)ccc(N)c1C(=N)/C=C/c1ccc(F)cc1. The number of nitrogens with two attached hydrogens (primary N) is 1. The average Bonchev–Trinajstić information content (AvgIpc) is 3.65. The third kappa shape index (κ3) is 6.17. The number of nitrogen functional groups attached to an aromatic ring is 1. The molecule has 6 nitrogen and oxygen atoms in total. The second-order valence-corrected chi connectivity index (χ2v) is 8.93. The molecule has 0 unspecified atom stereocenters. The van der Waals surface area contributed by atoms with Crippen LogP contribution in [0.2, 0.25) is 0 Å². The fourth-order valence-electron chi connectivity index (χ4n) is 4.03. The summed E-state index contributed by atoms with van der Waals surface area (Å²) in [5, 5.41) is 11.7. The van der Waals surface area contributed by atoms with Crippen LogP contribution in [-0.2, 0) is 11.3 Å². The largest absolute Gasteiger partial charge is 0.495 e. The van der Waals surface area contributed by atoms with Crippen molar-refractivity contribution >= 4 is 23.4 Å². The molecular weight excluding hydrogens is 457 g/mol. The lowest BCUT2D eigenvalue weighted by atomic mass is 10.00. The van der Waals surface area contributed by atoms with E-state index in [4.69, 9.17) is 20.6 Å². The Kier molecular flexibility index (Phi) is 7.80. The number of amides is 1. The predicted molar refractivity (Wildman–Crippen MR) is 140 cm³/mol. The number of nitrogens with one attached hydrogen (secondary N) is 2. The van der Waals surface area contributed by atoms with Crippen molar-refractivity contribution < 1.29 is 18.7 Å². The monoisotopic (exact) mass is 487 g/mol. The first kappa shape index (κ1) is 25.1. The van der Waals surface area contributed by atoms with Crippen molar-refractivity contribution in [3.8, 4) is 5.75 Å². The number of hydrogen-bond donors (Lipinski definition) is 3. The molecule has 0 atom stereocenters. The Morgan fingerprint density at radius 3 is 2.50 bits per heavy atom. The number of carbonyl (C=O) groups excluding carboxylic acids is 1. The van der Waals surface area contributed by atoms with E-state index in [-0.39, 0.29) is 28.7 Å². The highest BCUT2D eigenvalue weighted by Crippen LogP contribution is 2.40. The molecule has 0 saturated heterocycles. The standard InChI is InChI=1S/C29H30FN3O3/c1-35-27-23(12-14-25(32)26(27)24(31)13-9-20-7-10-22(30)11-8-20)28(34)33-29(15-16-29)17-18-36-19-21-5-3-2-4-6-21/h2-14,31H,15-19,32H2,1H3,(H,33,34)/b13-9+,31-24?. The zero-order valence-corrected chi connectivity index (χ0v) is 20.2. The molecule has 0 spiro atoms. The third-order valence-corrected chi connectivity index (χ3v) is 6.29. The van der Waals surface area contributed by atoms with Gasteiger partial charge in [-0.1, -0.05) is 48.5 Å². The third-order valence-electron chi connectivity index (χ3n) is 6.29. The van der Waals surface area contributed by atoms with Crippen molar-refractivity contribution in [2.75, 3.05) is 19.5 Å². The number of benzene rings is 3. The van der Waals surface area contributed by atoms with Crippen LogP contribution in [0.4, 0.5) is 10.1 Å². The normalized spacial score (nSPS) is 13.9. The number of rotatable bonds is 11. The molecule has 0 heterocycles. The van der Waals surface area contributed by atoms with E-state index >= 15 is 0 Å². The molecule has 36 heavy (non-hydrogen) atoms. The van der Waals surface area contributed by atoms with E-state index in [1.54, 1.807) is 36.4 Å². The first-order valence-electron chi connectivity index (χ1n) is 11.8. The van der Waals surface area contributed by atoms with Crippen LogP contribution in [0.25, 0.3) is 6.08 Å². The number of halogens is 1. The van der Waals surface area contributed by atoms with Crippen LogP contribution < -0.4 is 15.8 Å². The Bertz CT molecular complexity index is 1250. The van der Waals surface area contributed by atoms with Crippen molar-refractivity contribution in [1.29, 1.82) is 5.41 Å². The maximum absolute atomic E-state index is 13.2. The number of carbonyl (C=O) groups is 1. The van der Waals surface area contributed by atoms with Gasteiger partial charge in [-0.15, -0.1) is 0 Å². The molecule has 7 heteroatoms. The molecule has 1 fully saturated rings. The lowest BCUT2D eigenvalue weighted by Gasteiger charge is -2.20. The summed E-state index contributed by atoms with van der Waals surface area (Å²) in [6, 6.07) is 19.1. The molecule has 0 bridgehead atoms. The van der Waals surface area contributed by atoms with Gasteiger partial charge >= 0.3 is 0 Å². The van der Waals surface area contributed by atoms with Crippen LogP contribution in [0, 0.1) is 11.2 Å². The molecule has 3 aromatic carbocycles. The fourth-order valence-corrected chi connectivity index (χ4v) is 4.03. The van der Waals surface area contributed by atoms with Gasteiger partial charge in [-0.3, -0.25) is 4.79 Å². The van der Waals surface area contributed by atoms with Crippen LogP contribution >= 0.6 is 0 Å². The zero-order chi connectivity index (χ0) is 25.5. The molecule has 0 aromatic heterocycles. The summed E-state index contributed by atoms with van der Waals surface area (Å²) in [5.41, 5.74) is 8.78. The minimum absolute atomic E-state index is 0.0822. The van der Waals surface area contributed by atoms with Crippen molar-refractivity contribution in [3.05, 3.63) is 101 Å². The van der Waals surface area contributed by atoms with Gasteiger partial charge in [0.25, 0.3) is 5.91 Å². The highest BCUT2D eigenvalue weighted by Gasteiger charge is 2.44. The molecular formula is C29H30FN3O3. The Balaban J connectivity index is 1.43. The van der Waals surface area contributed by atoms with Gasteiger partial charge in [0.05, 0.1) is 30.6 Å². The smallest absolute Gasteiger partial charge is 0.255 e. The Hall–Kier alpha value is -3.97. The summed E-state index contributed by atoms with van der Waals surface area (Å²) >= 11 is 0. The van der Waals surface area contributed by atoms with Crippen molar-refractivity contribution in [2.24, 2.45) is 0 Å². The van der Waals surface area contributed by atoms with E-state index < -0.39 is 0 Å². The van der Waals surface area contributed by atoms with Gasteiger partial charge in [-0.25, -0.2) is 4.39 Å². The summed E-state index contributed by atoms with van der Waals surface area (Å²) in [4.78, 5) is 13.2. The van der Waals surface area contributed by atoms with Crippen LogP contribution in [0.5, 0.6) is 5.75 Å². The zero-order valence-electron chi connectivity index (χ0n) is 20.2. The molecule has 3 aromatic rings. The lowest BCUT2D eigenvalue weighted by molar-refractivity contribution is 0.0876. The van der Waals surface area contributed by atoms with Crippen molar-refractivity contribution in [2.45, 2.75) is 31.4 Å². The quantitative estimate of drug-likeness (QED) is 0.192. The van der Waals surface area contributed by atoms with Crippen molar-refractivity contribution in [3.63, 3.8) is 0 Å². The van der Waals surface area contributed by atoms with Gasteiger partial charge in [0.1, 0.15) is 11.6 Å². The predicted octanol–water partition coefficient (Wildman–Crippen LogP) is 5.37. The fraction of sp³-hybridized carbons (Fsp3) is 0.241. The molecule has 1 aliphatic rings. The Morgan fingerprint density at radius 2 is 1.83 bits per heavy atom. The van der Waals surface area contributed by atoms with Crippen LogP contribution in [0.3, 0.4) is 0 Å². The van der Waals surface area contributed by atoms with Gasteiger partial charge < -0.3 is 25.9 Å². The van der Waals surface area contributed by atoms with Crippen LogP contribution in [0.15, 0.2) is 72.8 Å². The van der Waals surface area contributed by atoms with E-state index in [0.717, 1.165) is 24.0 Å². The van der Waals surface area contributed by atoms with Gasteiger partial charge in [0.15, 0.2) is 0 Å². The second-order valence-electron chi connectivity index (χ2n) is 8.93. The first-order chi connectivity index (χ1) is 17.4. The average molecular weight is 488 g/mol. The number of hydrogen-bond acceptors (Lipinski definition) is 5. The van der Waals surface area contributed by atoms with E-state index in [0.29, 0.717) is 36.4 Å². The molecule has 0 radical (unpaired) electrons. The van der Waals surface area contributed by atoms with E-state index in [1.807, 2.05) is 30.3 Å². The summed E-state index contributed by atoms with van der Waals surface area (Å²) in [6.45, 7) is 1.08. The van der Waals surface area contributed by atoms with Gasteiger partial charge in [-0.05, 0) is 60.7 Å². The minimum Gasteiger partial charge on any atom is -0.495 e. The molecule has 1 aliphatic carbocycles. The Morgan fingerprint density at radius 1 is 1.11 bits per heavy atom. The first-order valence-corrected chi connectivity index (χ1v) is 11.8. The molecule has 186 valence electrons. The van der Waals surface area contributed by atoms with Gasteiger partial charge in [0, 0.05) is 17.8 Å². The minimum atomic E-state index is -0.331. The number of allylic oxidation sites excluding steroid dienone is 1. The van der Waals surface area contributed by atoms with E-state index in [9.17, 15) is 9.18 Å². The molecule has 0 aliphatic heterocycles. The Labute approximate surface area is 210 Å². The summed E-state index contributed by atoms with van der Waals surface area (Å²) in [7, 11) is 1.45. The molecule has 1 saturated carbocycles. The second kappa shape index (κ2) is 11.2. The molecule has 4 rings (SSSR count). The van der Waals surface area contributed by atoms with Crippen molar-refractivity contribution in [1.82, 2.24) is 5.32 Å². The maximum Gasteiger partial charge on any atom is 0.255 e. The number of ether oxygens (including phenoxy) is 2. The highest BCUT2D eigenvalue weighted by molar-refractivity contribution is 6.15. The summed E-state index contributed by atoms with van der Waals surface area (Å²) < 4.78 is 24.5. The lowest BCUT2D eigenvalue weighted by Crippen LogP contribution is -2.38.